The Bertz CT molecular complexity index is 560. The summed E-state index contributed by atoms with van der Waals surface area (Å²) in [4.78, 5) is 25.1. The number of benzene rings is 1. The first-order chi connectivity index (χ1) is 10.9. The molecule has 3 atom stereocenters. The van der Waals surface area contributed by atoms with Gasteiger partial charge in [-0.05, 0) is 30.0 Å². The van der Waals surface area contributed by atoms with Crippen LogP contribution in [0.3, 0.4) is 0 Å². The molecular weight excluding hydrogens is 301 g/mol. The average molecular weight is 323 g/mol. The van der Waals surface area contributed by atoms with Crippen molar-refractivity contribution in [2.75, 3.05) is 13.7 Å². The molecular formula is C17H22FNO4. The van der Waals surface area contributed by atoms with Crippen molar-refractivity contribution in [2.45, 2.75) is 44.2 Å². The molecule has 1 aromatic carbocycles. The van der Waals surface area contributed by atoms with E-state index in [1.54, 1.807) is 24.1 Å². The molecule has 2 rings (SSSR count). The molecule has 1 aliphatic rings. The summed E-state index contributed by atoms with van der Waals surface area (Å²) < 4.78 is 18.2. The predicted octanol–water partition coefficient (Wildman–Crippen LogP) is 2.41. The normalized spacial score (nSPS) is 22.1. The van der Waals surface area contributed by atoms with Gasteiger partial charge in [0, 0.05) is 26.1 Å². The Kier molecular flexibility index (Phi) is 5.71. The molecule has 0 saturated carbocycles. The Hall–Kier alpha value is -1.95. The van der Waals surface area contributed by atoms with Gasteiger partial charge in [0.1, 0.15) is 5.82 Å². The van der Waals surface area contributed by atoms with Crippen molar-refractivity contribution in [3.05, 3.63) is 35.6 Å². The van der Waals surface area contributed by atoms with Crippen LogP contribution in [-0.2, 0) is 14.3 Å². The number of carboxylic acid groups (broad SMARTS) is 1. The van der Waals surface area contributed by atoms with E-state index in [-0.39, 0.29) is 42.6 Å². The van der Waals surface area contributed by atoms with Crippen molar-refractivity contribution < 1.29 is 23.8 Å². The predicted molar refractivity (Wildman–Crippen MR) is 82.6 cm³/mol. The van der Waals surface area contributed by atoms with Crippen LogP contribution in [-0.4, -0.2) is 47.7 Å². The van der Waals surface area contributed by atoms with Gasteiger partial charge in [-0.3, -0.25) is 9.59 Å². The standard InChI is InChI=1S/C17H22FNO4/c1-11(12-3-5-13(18)6-4-12)7-16(20)19-10-15(23-2)8-14(19)9-17(21)22/h3-6,11,14-15H,7-10H2,1-2H3,(H,21,22). The van der Waals surface area contributed by atoms with Crippen LogP contribution in [0.5, 0.6) is 0 Å². The largest absolute Gasteiger partial charge is 0.481 e. The smallest absolute Gasteiger partial charge is 0.305 e. The van der Waals surface area contributed by atoms with Crippen LogP contribution < -0.4 is 0 Å². The number of rotatable bonds is 6. The van der Waals surface area contributed by atoms with Gasteiger partial charge in [-0.15, -0.1) is 0 Å². The van der Waals surface area contributed by atoms with Crippen LogP contribution >= 0.6 is 0 Å². The molecule has 6 heteroatoms. The summed E-state index contributed by atoms with van der Waals surface area (Å²) in [5.41, 5.74) is 0.886. The first-order valence-electron chi connectivity index (χ1n) is 7.70. The molecule has 0 aliphatic carbocycles. The van der Waals surface area contributed by atoms with Crippen LogP contribution in [0.25, 0.3) is 0 Å². The summed E-state index contributed by atoms with van der Waals surface area (Å²) >= 11 is 0. The summed E-state index contributed by atoms with van der Waals surface area (Å²) in [6.07, 6.45) is 0.609. The van der Waals surface area contributed by atoms with Gasteiger partial charge in [0.2, 0.25) is 5.91 Å². The van der Waals surface area contributed by atoms with E-state index in [1.165, 1.54) is 12.1 Å². The molecule has 1 aliphatic heterocycles. The lowest BCUT2D eigenvalue weighted by molar-refractivity contribution is -0.140. The van der Waals surface area contributed by atoms with E-state index >= 15 is 0 Å². The summed E-state index contributed by atoms with van der Waals surface area (Å²) in [6, 6.07) is 5.76. The number of hydrogen-bond donors (Lipinski definition) is 1. The molecule has 1 N–H and O–H groups in total. The van der Waals surface area contributed by atoms with Crippen LogP contribution in [0.15, 0.2) is 24.3 Å². The zero-order valence-corrected chi connectivity index (χ0v) is 13.4. The number of amides is 1. The maximum Gasteiger partial charge on any atom is 0.305 e. The van der Waals surface area contributed by atoms with Gasteiger partial charge in [-0.1, -0.05) is 19.1 Å². The van der Waals surface area contributed by atoms with E-state index in [0.717, 1.165) is 5.56 Å². The number of likely N-dealkylation sites (tertiary alicyclic amines) is 1. The number of carbonyl (C=O) groups excluding carboxylic acids is 1. The second kappa shape index (κ2) is 7.55. The molecule has 0 bridgehead atoms. The molecule has 3 unspecified atom stereocenters. The Morgan fingerprint density at radius 2 is 2.04 bits per heavy atom. The fourth-order valence-corrected chi connectivity index (χ4v) is 3.03. The van der Waals surface area contributed by atoms with Gasteiger partial charge in [0.15, 0.2) is 0 Å². The summed E-state index contributed by atoms with van der Waals surface area (Å²) in [5, 5.41) is 9.00. The quantitative estimate of drug-likeness (QED) is 0.873. The van der Waals surface area contributed by atoms with E-state index in [9.17, 15) is 14.0 Å². The number of carbonyl (C=O) groups is 2. The molecule has 0 spiro atoms. The lowest BCUT2D eigenvalue weighted by Crippen LogP contribution is -2.37. The van der Waals surface area contributed by atoms with Gasteiger partial charge in [-0.2, -0.15) is 0 Å². The van der Waals surface area contributed by atoms with Crippen LogP contribution in [0, 0.1) is 5.82 Å². The highest BCUT2D eigenvalue weighted by Crippen LogP contribution is 2.27. The third-order valence-corrected chi connectivity index (χ3v) is 4.36. The second-order valence-electron chi connectivity index (χ2n) is 6.05. The lowest BCUT2D eigenvalue weighted by Gasteiger charge is -2.25. The van der Waals surface area contributed by atoms with E-state index in [4.69, 9.17) is 9.84 Å². The minimum atomic E-state index is -0.920. The van der Waals surface area contributed by atoms with E-state index in [0.29, 0.717) is 13.0 Å². The molecule has 126 valence electrons. The summed E-state index contributed by atoms with van der Waals surface area (Å²) in [6.45, 7) is 2.32. The van der Waals surface area contributed by atoms with E-state index in [1.807, 2.05) is 6.92 Å². The van der Waals surface area contributed by atoms with Gasteiger partial charge in [0.25, 0.3) is 0 Å². The highest BCUT2D eigenvalue weighted by molar-refractivity contribution is 5.79. The Balaban J connectivity index is 2.02. The highest BCUT2D eigenvalue weighted by Gasteiger charge is 2.36. The number of hydrogen-bond acceptors (Lipinski definition) is 3. The molecule has 1 saturated heterocycles. The zero-order valence-electron chi connectivity index (χ0n) is 13.4. The molecule has 1 heterocycles. The van der Waals surface area contributed by atoms with Crippen molar-refractivity contribution in [1.29, 1.82) is 0 Å². The summed E-state index contributed by atoms with van der Waals surface area (Å²) in [5.74, 6) is -1.38. The monoisotopic (exact) mass is 323 g/mol. The topological polar surface area (TPSA) is 66.8 Å². The Morgan fingerprint density at radius 1 is 1.39 bits per heavy atom. The van der Waals surface area contributed by atoms with Crippen LogP contribution in [0.2, 0.25) is 0 Å². The number of halogens is 1. The first-order valence-corrected chi connectivity index (χ1v) is 7.70. The van der Waals surface area contributed by atoms with Crippen molar-refractivity contribution in [3.63, 3.8) is 0 Å². The zero-order chi connectivity index (χ0) is 17.0. The molecule has 23 heavy (non-hydrogen) atoms. The van der Waals surface area contributed by atoms with Gasteiger partial charge >= 0.3 is 5.97 Å². The van der Waals surface area contributed by atoms with Crippen molar-refractivity contribution in [3.8, 4) is 0 Å². The van der Waals surface area contributed by atoms with Crippen molar-refractivity contribution in [2.24, 2.45) is 0 Å². The fraction of sp³-hybridized carbons (Fsp3) is 0.529. The molecule has 1 amide bonds. The maximum atomic E-state index is 13.0. The number of aliphatic carboxylic acids is 1. The van der Waals surface area contributed by atoms with Crippen LogP contribution in [0.4, 0.5) is 4.39 Å². The van der Waals surface area contributed by atoms with Gasteiger partial charge < -0.3 is 14.7 Å². The molecule has 0 aromatic heterocycles. The molecule has 1 aromatic rings. The van der Waals surface area contributed by atoms with Gasteiger partial charge in [-0.25, -0.2) is 4.39 Å². The SMILES string of the molecule is COC1CC(CC(=O)O)N(C(=O)CC(C)c2ccc(F)cc2)C1. The highest BCUT2D eigenvalue weighted by atomic mass is 19.1. The first kappa shape index (κ1) is 17.4. The van der Waals surface area contributed by atoms with Crippen molar-refractivity contribution in [1.82, 2.24) is 4.90 Å². The lowest BCUT2D eigenvalue weighted by atomic mass is 9.97. The minimum absolute atomic E-state index is 0.0600. The number of ether oxygens (including phenoxy) is 1. The number of methoxy groups -OCH3 is 1. The minimum Gasteiger partial charge on any atom is -0.481 e. The van der Waals surface area contributed by atoms with E-state index in [2.05, 4.69) is 0 Å². The molecule has 1 fully saturated rings. The number of nitrogens with zero attached hydrogens (tertiary/aromatic N) is 1. The fourth-order valence-electron chi connectivity index (χ4n) is 3.03. The molecule has 5 nitrogen and oxygen atoms in total. The third-order valence-electron chi connectivity index (χ3n) is 4.36. The Morgan fingerprint density at radius 3 is 2.61 bits per heavy atom. The van der Waals surface area contributed by atoms with E-state index < -0.39 is 5.97 Å². The summed E-state index contributed by atoms with van der Waals surface area (Å²) in [7, 11) is 1.57. The molecule has 0 radical (unpaired) electrons. The third kappa shape index (κ3) is 4.51. The number of carboxylic acids is 1. The second-order valence-corrected chi connectivity index (χ2v) is 6.05. The van der Waals surface area contributed by atoms with Crippen molar-refractivity contribution >= 4 is 11.9 Å². The maximum absolute atomic E-state index is 13.0. The van der Waals surface area contributed by atoms with Gasteiger partial charge in [0.05, 0.1) is 12.5 Å². The van der Waals surface area contributed by atoms with Crippen LogP contribution in [0.1, 0.15) is 37.7 Å². The Labute approximate surface area is 135 Å². The average Bonchev–Trinajstić information content (AvgIpc) is 2.90.